The number of nitrogens with zero attached hydrogens (tertiary/aromatic N) is 1. The number of benzene rings is 1. The largest absolute Gasteiger partial charge is 0.416 e. The monoisotopic (exact) mass is 365 g/mol. The molecule has 1 aromatic carbocycles. The number of amides is 1. The first-order valence-electron chi connectivity index (χ1n) is 8.19. The lowest BCUT2D eigenvalue weighted by molar-refractivity contribution is -0.137. The van der Waals surface area contributed by atoms with Gasteiger partial charge >= 0.3 is 6.18 Å². The number of carbonyl (C=O) groups excluding carboxylic acids is 1. The fourth-order valence-electron chi connectivity index (χ4n) is 2.52. The summed E-state index contributed by atoms with van der Waals surface area (Å²) in [5.41, 5.74) is -0.152. The van der Waals surface area contributed by atoms with E-state index in [0.717, 1.165) is 31.8 Å². The maximum absolute atomic E-state index is 12.6. The highest BCUT2D eigenvalue weighted by Crippen LogP contribution is 2.30. The first kappa shape index (κ1) is 18.2. The van der Waals surface area contributed by atoms with Gasteiger partial charge < -0.3 is 15.4 Å². The van der Waals surface area contributed by atoms with Crippen LogP contribution in [0.2, 0.25) is 0 Å². The molecule has 1 aliphatic heterocycles. The molecule has 0 unspecified atom stereocenters. The van der Waals surface area contributed by atoms with Crippen molar-refractivity contribution in [3.05, 3.63) is 53.7 Å². The van der Waals surface area contributed by atoms with E-state index in [0.29, 0.717) is 23.8 Å². The van der Waals surface area contributed by atoms with E-state index in [1.165, 1.54) is 12.1 Å². The summed E-state index contributed by atoms with van der Waals surface area (Å²) in [6, 6.07) is 7.55. The predicted molar refractivity (Wildman–Crippen MR) is 91.0 cm³/mol. The highest BCUT2D eigenvalue weighted by atomic mass is 19.4. The standard InChI is InChI=1S/C18H18F3N3O2/c19-18(20,21)13-3-5-14(6-4-13)24-17(25)15-2-1-8-22-16(15)23-9-7-12-10-26-11-12/h1-6,8,12H,7,9-11H2,(H,22,23)(H,24,25). The van der Waals surface area contributed by atoms with E-state index in [2.05, 4.69) is 15.6 Å². The summed E-state index contributed by atoms with van der Waals surface area (Å²) in [7, 11) is 0. The molecule has 3 rings (SSSR count). The lowest BCUT2D eigenvalue weighted by Crippen LogP contribution is -2.29. The molecule has 0 aliphatic carbocycles. The molecule has 0 spiro atoms. The molecule has 1 aromatic heterocycles. The Morgan fingerprint density at radius 2 is 1.92 bits per heavy atom. The fraction of sp³-hybridized carbons (Fsp3) is 0.333. The molecule has 1 fully saturated rings. The lowest BCUT2D eigenvalue weighted by Gasteiger charge is -2.26. The minimum Gasteiger partial charge on any atom is -0.381 e. The third kappa shape index (κ3) is 4.51. The smallest absolute Gasteiger partial charge is 0.381 e. The van der Waals surface area contributed by atoms with Crippen LogP contribution in [0.5, 0.6) is 0 Å². The van der Waals surface area contributed by atoms with Crippen LogP contribution < -0.4 is 10.6 Å². The topological polar surface area (TPSA) is 63.2 Å². The molecular weight excluding hydrogens is 347 g/mol. The van der Waals surface area contributed by atoms with E-state index >= 15 is 0 Å². The minimum atomic E-state index is -4.41. The lowest BCUT2D eigenvalue weighted by atomic mass is 10.0. The van der Waals surface area contributed by atoms with Crippen LogP contribution in [0.4, 0.5) is 24.7 Å². The van der Waals surface area contributed by atoms with Crippen molar-refractivity contribution in [1.29, 1.82) is 0 Å². The average Bonchev–Trinajstić information content (AvgIpc) is 2.57. The number of carbonyl (C=O) groups is 1. The third-order valence-electron chi connectivity index (χ3n) is 4.07. The normalized spacial score (nSPS) is 14.6. The number of hydrogen-bond acceptors (Lipinski definition) is 4. The Hall–Kier alpha value is -2.61. The summed E-state index contributed by atoms with van der Waals surface area (Å²) in [5.74, 6) is 0.528. The summed E-state index contributed by atoms with van der Waals surface area (Å²) >= 11 is 0. The molecule has 0 bridgehead atoms. The Morgan fingerprint density at radius 1 is 1.19 bits per heavy atom. The van der Waals surface area contributed by atoms with Crippen LogP contribution in [0.25, 0.3) is 0 Å². The van der Waals surface area contributed by atoms with Crippen molar-refractivity contribution in [2.45, 2.75) is 12.6 Å². The van der Waals surface area contributed by atoms with Crippen molar-refractivity contribution >= 4 is 17.4 Å². The van der Waals surface area contributed by atoms with Crippen molar-refractivity contribution in [1.82, 2.24) is 4.98 Å². The highest BCUT2D eigenvalue weighted by molar-refractivity contribution is 6.07. The summed E-state index contributed by atoms with van der Waals surface area (Å²) in [6.45, 7) is 2.17. The molecule has 26 heavy (non-hydrogen) atoms. The van der Waals surface area contributed by atoms with Gasteiger partial charge in [0.25, 0.3) is 5.91 Å². The van der Waals surface area contributed by atoms with Crippen molar-refractivity contribution in [2.24, 2.45) is 5.92 Å². The SMILES string of the molecule is O=C(Nc1ccc(C(F)(F)F)cc1)c1cccnc1NCCC1COC1. The number of aromatic nitrogens is 1. The number of rotatable bonds is 6. The van der Waals surface area contributed by atoms with Gasteiger partial charge in [0.1, 0.15) is 5.82 Å². The molecule has 0 radical (unpaired) electrons. The van der Waals surface area contributed by atoms with E-state index in [4.69, 9.17) is 4.74 Å². The van der Waals surface area contributed by atoms with Crippen molar-refractivity contribution < 1.29 is 22.7 Å². The van der Waals surface area contributed by atoms with Gasteiger partial charge in [0.2, 0.25) is 0 Å². The van der Waals surface area contributed by atoms with Gasteiger partial charge in [-0.15, -0.1) is 0 Å². The first-order valence-corrected chi connectivity index (χ1v) is 8.19. The van der Waals surface area contributed by atoms with E-state index < -0.39 is 17.6 Å². The number of pyridine rings is 1. The van der Waals surface area contributed by atoms with Crippen LogP contribution in [0, 0.1) is 5.92 Å². The van der Waals surface area contributed by atoms with E-state index in [1.807, 2.05) is 0 Å². The van der Waals surface area contributed by atoms with Gasteiger partial charge in [0.05, 0.1) is 24.3 Å². The first-order chi connectivity index (χ1) is 12.4. The summed E-state index contributed by atoms with van der Waals surface area (Å²) < 4.78 is 42.9. The molecule has 1 saturated heterocycles. The Balaban J connectivity index is 1.63. The van der Waals surface area contributed by atoms with Gasteiger partial charge in [-0.25, -0.2) is 4.98 Å². The van der Waals surface area contributed by atoms with Crippen LogP contribution in [-0.4, -0.2) is 30.6 Å². The maximum Gasteiger partial charge on any atom is 0.416 e. The van der Waals surface area contributed by atoms with Crippen LogP contribution in [0.15, 0.2) is 42.6 Å². The molecule has 0 atom stereocenters. The number of halogens is 3. The van der Waals surface area contributed by atoms with E-state index in [-0.39, 0.29) is 5.69 Å². The average molecular weight is 365 g/mol. The fourth-order valence-corrected chi connectivity index (χ4v) is 2.52. The number of nitrogens with one attached hydrogen (secondary N) is 2. The second-order valence-corrected chi connectivity index (χ2v) is 6.05. The van der Waals surface area contributed by atoms with Crippen LogP contribution in [-0.2, 0) is 10.9 Å². The number of anilines is 2. The third-order valence-corrected chi connectivity index (χ3v) is 4.07. The Bertz CT molecular complexity index is 759. The molecule has 5 nitrogen and oxygen atoms in total. The van der Waals surface area contributed by atoms with Gasteiger partial charge in [-0.2, -0.15) is 13.2 Å². The molecule has 138 valence electrons. The Labute approximate surface area is 148 Å². The maximum atomic E-state index is 12.6. The van der Waals surface area contributed by atoms with Crippen molar-refractivity contribution in [2.75, 3.05) is 30.4 Å². The Kier molecular flexibility index (Phi) is 5.41. The van der Waals surface area contributed by atoms with Crippen molar-refractivity contribution in [3.8, 4) is 0 Å². The van der Waals surface area contributed by atoms with Gasteiger partial charge in [0, 0.05) is 24.3 Å². The zero-order valence-electron chi connectivity index (χ0n) is 13.8. The zero-order valence-corrected chi connectivity index (χ0v) is 13.8. The molecule has 0 saturated carbocycles. The molecule has 2 aromatic rings. The molecule has 2 heterocycles. The minimum absolute atomic E-state index is 0.282. The molecular formula is C18H18F3N3O2. The molecule has 1 aliphatic rings. The van der Waals surface area contributed by atoms with Crippen molar-refractivity contribution in [3.63, 3.8) is 0 Å². The summed E-state index contributed by atoms with van der Waals surface area (Å²) in [5, 5.41) is 5.72. The summed E-state index contributed by atoms with van der Waals surface area (Å²) in [4.78, 5) is 16.6. The van der Waals surface area contributed by atoms with Crippen LogP contribution in [0.3, 0.4) is 0 Å². The summed E-state index contributed by atoms with van der Waals surface area (Å²) in [6.07, 6.45) is -1.92. The molecule has 1 amide bonds. The zero-order chi connectivity index (χ0) is 18.6. The van der Waals surface area contributed by atoms with E-state index in [9.17, 15) is 18.0 Å². The van der Waals surface area contributed by atoms with Gasteiger partial charge in [-0.1, -0.05) is 0 Å². The van der Waals surface area contributed by atoms with Crippen LogP contribution in [0.1, 0.15) is 22.3 Å². The quantitative estimate of drug-likeness (QED) is 0.817. The van der Waals surface area contributed by atoms with E-state index in [1.54, 1.807) is 18.3 Å². The number of hydrogen-bond donors (Lipinski definition) is 2. The predicted octanol–water partition coefficient (Wildman–Crippen LogP) is 3.80. The highest BCUT2D eigenvalue weighted by Gasteiger charge is 2.30. The van der Waals surface area contributed by atoms with Gasteiger partial charge in [-0.05, 0) is 42.8 Å². The number of alkyl halides is 3. The van der Waals surface area contributed by atoms with Crippen LogP contribution >= 0.6 is 0 Å². The van der Waals surface area contributed by atoms with Gasteiger partial charge in [0.15, 0.2) is 0 Å². The van der Waals surface area contributed by atoms with Gasteiger partial charge in [-0.3, -0.25) is 4.79 Å². The molecule has 2 N–H and O–H groups in total. The second-order valence-electron chi connectivity index (χ2n) is 6.05. The molecule has 8 heteroatoms. The number of ether oxygens (including phenoxy) is 1. The Morgan fingerprint density at radius 3 is 2.54 bits per heavy atom. The second kappa shape index (κ2) is 7.74.